The molecule has 1 fully saturated rings. The van der Waals surface area contributed by atoms with Gasteiger partial charge < -0.3 is 19.7 Å². The first-order valence-electron chi connectivity index (χ1n) is 11.4. The van der Waals surface area contributed by atoms with Crippen LogP contribution in [-0.4, -0.2) is 47.2 Å². The number of anilines is 2. The van der Waals surface area contributed by atoms with E-state index in [0.29, 0.717) is 22.9 Å². The van der Waals surface area contributed by atoms with Crippen LogP contribution in [0.5, 0.6) is 11.6 Å². The molecule has 1 amide bonds. The van der Waals surface area contributed by atoms with Gasteiger partial charge in [-0.15, -0.1) is 0 Å². The van der Waals surface area contributed by atoms with Gasteiger partial charge in [-0.3, -0.25) is 4.79 Å². The van der Waals surface area contributed by atoms with Crippen LogP contribution in [0.3, 0.4) is 0 Å². The lowest BCUT2D eigenvalue weighted by Crippen LogP contribution is -2.36. The number of aromatic nitrogens is 3. The van der Waals surface area contributed by atoms with Crippen LogP contribution in [0.1, 0.15) is 15.9 Å². The number of benzene rings is 2. The van der Waals surface area contributed by atoms with Crippen LogP contribution < -0.4 is 15.0 Å². The lowest BCUT2D eigenvalue weighted by Gasteiger charge is -2.28. The number of carbonyl (C=O) groups excluding carboxylic acids is 1. The first kappa shape index (κ1) is 22.5. The van der Waals surface area contributed by atoms with Gasteiger partial charge in [0.05, 0.1) is 24.5 Å². The molecular formula is C27H25N5O3. The fraction of sp³-hybridized carbons (Fsp3) is 0.185. The minimum atomic E-state index is -0.217. The number of aryl methyl sites for hydroxylation is 1. The minimum Gasteiger partial charge on any atom is -0.438 e. The van der Waals surface area contributed by atoms with Crippen molar-refractivity contribution in [3.05, 3.63) is 90.5 Å². The number of rotatable bonds is 6. The van der Waals surface area contributed by atoms with Gasteiger partial charge in [0, 0.05) is 42.4 Å². The summed E-state index contributed by atoms with van der Waals surface area (Å²) in [5.74, 6) is 0.742. The second-order valence-electron chi connectivity index (χ2n) is 8.13. The summed E-state index contributed by atoms with van der Waals surface area (Å²) in [5.41, 5.74) is 4.66. The summed E-state index contributed by atoms with van der Waals surface area (Å²) in [6.45, 7) is 5.12. The van der Waals surface area contributed by atoms with Gasteiger partial charge in [0.25, 0.3) is 5.91 Å². The molecule has 8 heteroatoms. The van der Waals surface area contributed by atoms with E-state index in [1.165, 1.54) is 6.33 Å². The monoisotopic (exact) mass is 467 g/mol. The van der Waals surface area contributed by atoms with Crippen molar-refractivity contribution in [1.29, 1.82) is 0 Å². The van der Waals surface area contributed by atoms with Crippen LogP contribution in [0.4, 0.5) is 11.4 Å². The van der Waals surface area contributed by atoms with E-state index in [1.807, 2.05) is 49.4 Å². The van der Waals surface area contributed by atoms with Gasteiger partial charge in [-0.25, -0.2) is 15.0 Å². The predicted octanol–water partition coefficient (Wildman–Crippen LogP) is 4.73. The highest BCUT2D eigenvalue weighted by Crippen LogP contribution is 2.32. The molecule has 0 unspecified atom stereocenters. The lowest BCUT2D eigenvalue weighted by molar-refractivity contribution is 0.102. The fourth-order valence-corrected chi connectivity index (χ4v) is 3.85. The number of nitrogens with zero attached hydrogens (tertiary/aromatic N) is 4. The molecule has 5 rings (SSSR count). The fourth-order valence-electron chi connectivity index (χ4n) is 3.85. The van der Waals surface area contributed by atoms with Crippen molar-refractivity contribution >= 4 is 17.3 Å². The highest BCUT2D eigenvalue weighted by atomic mass is 16.5. The number of hydrogen-bond acceptors (Lipinski definition) is 7. The van der Waals surface area contributed by atoms with Gasteiger partial charge in [-0.05, 0) is 67.1 Å². The minimum absolute atomic E-state index is 0.217. The molecular weight excluding hydrogens is 442 g/mol. The summed E-state index contributed by atoms with van der Waals surface area (Å²) in [4.78, 5) is 27.9. The molecule has 1 N–H and O–H groups in total. The normalized spacial score (nSPS) is 13.3. The maximum Gasteiger partial charge on any atom is 0.255 e. The molecule has 35 heavy (non-hydrogen) atoms. The average Bonchev–Trinajstić information content (AvgIpc) is 2.91. The molecule has 1 saturated heterocycles. The van der Waals surface area contributed by atoms with Crippen molar-refractivity contribution < 1.29 is 14.3 Å². The molecule has 2 aromatic carbocycles. The van der Waals surface area contributed by atoms with Crippen molar-refractivity contribution in [3.8, 4) is 22.9 Å². The standard InChI is InChI=1S/C27H25N5O3/c1-19-4-5-20(26(33)31-21-6-8-22(9-7-21)32-13-15-34-16-14-32)17-25(19)35-27-23(3-2-11-29-27)24-10-12-28-18-30-24/h2-12,17-18H,13-16H2,1H3,(H,31,33). The second kappa shape index (κ2) is 10.3. The smallest absolute Gasteiger partial charge is 0.255 e. The van der Waals surface area contributed by atoms with Crippen molar-refractivity contribution in [2.75, 3.05) is 36.5 Å². The summed E-state index contributed by atoms with van der Waals surface area (Å²) in [6.07, 6.45) is 4.81. The molecule has 0 bridgehead atoms. The summed E-state index contributed by atoms with van der Waals surface area (Å²) >= 11 is 0. The molecule has 0 atom stereocenters. The van der Waals surface area contributed by atoms with Crippen molar-refractivity contribution in [2.24, 2.45) is 0 Å². The lowest BCUT2D eigenvalue weighted by atomic mass is 10.1. The zero-order chi connectivity index (χ0) is 24.0. The SMILES string of the molecule is Cc1ccc(C(=O)Nc2ccc(N3CCOCC3)cc2)cc1Oc1ncccc1-c1ccncn1. The van der Waals surface area contributed by atoms with Gasteiger partial charge in [0.2, 0.25) is 5.88 Å². The van der Waals surface area contributed by atoms with E-state index in [9.17, 15) is 4.79 Å². The van der Waals surface area contributed by atoms with E-state index in [4.69, 9.17) is 9.47 Å². The largest absolute Gasteiger partial charge is 0.438 e. The Bertz CT molecular complexity index is 1310. The Kier molecular flexibility index (Phi) is 6.63. The summed E-state index contributed by atoms with van der Waals surface area (Å²) in [6, 6.07) is 18.7. The van der Waals surface area contributed by atoms with E-state index in [-0.39, 0.29) is 5.91 Å². The zero-order valence-electron chi connectivity index (χ0n) is 19.3. The molecule has 0 saturated carbocycles. The Balaban J connectivity index is 1.32. The Morgan fingerprint density at radius 3 is 2.60 bits per heavy atom. The van der Waals surface area contributed by atoms with Crippen molar-refractivity contribution in [1.82, 2.24) is 15.0 Å². The Labute approximate surface area is 203 Å². The summed E-state index contributed by atoms with van der Waals surface area (Å²) in [5, 5.41) is 2.97. The quantitative estimate of drug-likeness (QED) is 0.439. The molecule has 0 spiro atoms. The summed E-state index contributed by atoms with van der Waals surface area (Å²) < 4.78 is 11.6. The third kappa shape index (κ3) is 5.28. The van der Waals surface area contributed by atoms with E-state index >= 15 is 0 Å². The van der Waals surface area contributed by atoms with E-state index in [1.54, 1.807) is 30.6 Å². The first-order chi connectivity index (χ1) is 17.2. The molecule has 8 nitrogen and oxygen atoms in total. The molecule has 176 valence electrons. The predicted molar refractivity (Wildman–Crippen MR) is 134 cm³/mol. The first-order valence-corrected chi connectivity index (χ1v) is 11.4. The number of amides is 1. The Morgan fingerprint density at radius 2 is 1.83 bits per heavy atom. The second-order valence-corrected chi connectivity index (χ2v) is 8.13. The van der Waals surface area contributed by atoms with Crippen LogP contribution in [0, 0.1) is 6.92 Å². The topological polar surface area (TPSA) is 89.5 Å². The molecule has 0 radical (unpaired) electrons. The zero-order valence-corrected chi connectivity index (χ0v) is 19.3. The molecule has 0 aliphatic carbocycles. The Morgan fingerprint density at radius 1 is 1.00 bits per heavy atom. The van der Waals surface area contributed by atoms with Gasteiger partial charge in [0.15, 0.2) is 0 Å². The number of pyridine rings is 1. The third-order valence-electron chi connectivity index (χ3n) is 5.79. The van der Waals surface area contributed by atoms with E-state index in [2.05, 4.69) is 25.2 Å². The molecule has 1 aliphatic heterocycles. The van der Waals surface area contributed by atoms with Crippen molar-refractivity contribution in [2.45, 2.75) is 6.92 Å². The van der Waals surface area contributed by atoms with E-state index in [0.717, 1.165) is 48.8 Å². The highest BCUT2D eigenvalue weighted by molar-refractivity contribution is 6.04. The van der Waals surface area contributed by atoms with Gasteiger partial charge in [0.1, 0.15) is 12.1 Å². The third-order valence-corrected chi connectivity index (χ3v) is 5.79. The van der Waals surface area contributed by atoms with E-state index < -0.39 is 0 Å². The number of hydrogen-bond donors (Lipinski definition) is 1. The molecule has 4 aromatic rings. The number of ether oxygens (including phenoxy) is 2. The van der Waals surface area contributed by atoms with Gasteiger partial charge in [-0.2, -0.15) is 0 Å². The summed E-state index contributed by atoms with van der Waals surface area (Å²) in [7, 11) is 0. The molecule has 2 aromatic heterocycles. The Hall–Kier alpha value is -4.30. The van der Waals surface area contributed by atoms with Crippen LogP contribution in [-0.2, 0) is 4.74 Å². The van der Waals surface area contributed by atoms with Gasteiger partial charge in [-0.1, -0.05) is 6.07 Å². The molecule has 1 aliphatic rings. The maximum absolute atomic E-state index is 13.0. The number of morpholine rings is 1. The number of carbonyl (C=O) groups is 1. The van der Waals surface area contributed by atoms with Crippen molar-refractivity contribution in [3.63, 3.8) is 0 Å². The average molecular weight is 468 g/mol. The highest BCUT2D eigenvalue weighted by Gasteiger charge is 2.15. The maximum atomic E-state index is 13.0. The van der Waals surface area contributed by atoms with Crippen LogP contribution in [0.2, 0.25) is 0 Å². The van der Waals surface area contributed by atoms with Gasteiger partial charge >= 0.3 is 0 Å². The van der Waals surface area contributed by atoms with Crippen LogP contribution >= 0.6 is 0 Å². The molecule has 3 heterocycles. The van der Waals surface area contributed by atoms with Crippen LogP contribution in [0.15, 0.2) is 79.4 Å². The number of nitrogens with one attached hydrogen (secondary N) is 1. The van der Waals surface area contributed by atoms with Crippen LogP contribution in [0.25, 0.3) is 11.3 Å².